The van der Waals surface area contributed by atoms with Gasteiger partial charge in [0.05, 0.1) is 16.8 Å². The summed E-state index contributed by atoms with van der Waals surface area (Å²) in [7, 11) is 0. The third-order valence-electron chi connectivity index (χ3n) is 2.64. The highest BCUT2D eigenvalue weighted by atomic mass is 79.9. The average Bonchev–Trinajstić information content (AvgIpc) is 2.38. The number of benzene rings is 2. The number of halogens is 1. The Kier molecular flexibility index (Phi) is 4.05. The van der Waals surface area contributed by atoms with E-state index in [1.54, 1.807) is 30.3 Å². The van der Waals surface area contributed by atoms with E-state index in [2.05, 4.69) is 21.2 Å². The van der Waals surface area contributed by atoms with Gasteiger partial charge in [0.25, 0.3) is 5.91 Å². The molecule has 2 aromatic rings. The molecule has 0 saturated carbocycles. The molecule has 0 saturated heterocycles. The van der Waals surface area contributed by atoms with Gasteiger partial charge in [0.15, 0.2) is 0 Å². The Hall–Kier alpha value is -2.34. The summed E-state index contributed by atoms with van der Waals surface area (Å²) in [4.78, 5) is 22.3. The summed E-state index contributed by atoms with van der Waals surface area (Å²) in [5.41, 5.74) is 6.86. The third kappa shape index (κ3) is 3.16. The molecule has 0 aliphatic heterocycles. The first-order valence-electron chi connectivity index (χ1n) is 5.67. The molecule has 2 aromatic carbocycles. The number of aromatic carboxylic acids is 1. The minimum Gasteiger partial charge on any atom is -0.478 e. The quantitative estimate of drug-likeness (QED) is 0.801. The topological polar surface area (TPSA) is 92.4 Å². The SMILES string of the molecule is NC(=O)c1ccc(Br)cc1Nc1cccc(C(=O)O)c1. The molecule has 0 fully saturated rings. The second-order valence-corrected chi connectivity index (χ2v) is 4.98. The molecule has 6 heteroatoms. The lowest BCUT2D eigenvalue weighted by atomic mass is 10.1. The van der Waals surface area contributed by atoms with Gasteiger partial charge < -0.3 is 16.2 Å². The molecule has 5 nitrogen and oxygen atoms in total. The lowest BCUT2D eigenvalue weighted by molar-refractivity contribution is 0.0696. The number of carbonyl (C=O) groups is 2. The molecule has 0 bridgehead atoms. The summed E-state index contributed by atoms with van der Waals surface area (Å²) in [6.45, 7) is 0. The first-order chi connectivity index (χ1) is 9.47. The first kappa shape index (κ1) is 14.1. The number of nitrogens with two attached hydrogens (primary N) is 1. The molecule has 102 valence electrons. The third-order valence-corrected chi connectivity index (χ3v) is 3.13. The van der Waals surface area contributed by atoms with Gasteiger partial charge in [-0.25, -0.2) is 4.79 Å². The number of primary amides is 1. The fraction of sp³-hybridized carbons (Fsp3) is 0. The van der Waals surface area contributed by atoms with E-state index in [4.69, 9.17) is 10.8 Å². The molecule has 1 amide bonds. The molecule has 2 rings (SSSR count). The fourth-order valence-electron chi connectivity index (χ4n) is 1.72. The van der Waals surface area contributed by atoms with E-state index < -0.39 is 11.9 Å². The Morgan fingerprint density at radius 3 is 2.55 bits per heavy atom. The van der Waals surface area contributed by atoms with Gasteiger partial charge in [-0.15, -0.1) is 0 Å². The molecule has 0 heterocycles. The molecule has 0 aliphatic rings. The summed E-state index contributed by atoms with van der Waals surface area (Å²) < 4.78 is 0.777. The standard InChI is InChI=1S/C14H11BrN2O3/c15-9-4-5-11(13(16)18)12(7-9)17-10-3-1-2-8(6-10)14(19)20/h1-7,17H,(H2,16,18)(H,19,20). The van der Waals surface area contributed by atoms with Crippen molar-refractivity contribution in [2.75, 3.05) is 5.32 Å². The minimum absolute atomic E-state index is 0.158. The summed E-state index contributed by atoms with van der Waals surface area (Å²) in [6, 6.07) is 11.3. The normalized spacial score (nSPS) is 10.1. The van der Waals surface area contributed by atoms with Gasteiger partial charge in [-0.05, 0) is 36.4 Å². The maximum Gasteiger partial charge on any atom is 0.335 e. The van der Waals surface area contributed by atoms with Crippen LogP contribution in [0.1, 0.15) is 20.7 Å². The number of amides is 1. The van der Waals surface area contributed by atoms with Crippen LogP contribution in [0.5, 0.6) is 0 Å². The van der Waals surface area contributed by atoms with Crippen LogP contribution < -0.4 is 11.1 Å². The van der Waals surface area contributed by atoms with Crippen molar-refractivity contribution < 1.29 is 14.7 Å². The lowest BCUT2D eigenvalue weighted by Gasteiger charge is -2.11. The van der Waals surface area contributed by atoms with E-state index in [1.807, 2.05) is 0 Å². The van der Waals surface area contributed by atoms with Crippen molar-refractivity contribution in [3.8, 4) is 0 Å². The summed E-state index contributed by atoms with van der Waals surface area (Å²) in [6.07, 6.45) is 0. The highest BCUT2D eigenvalue weighted by Gasteiger charge is 2.10. The van der Waals surface area contributed by atoms with Crippen molar-refractivity contribution in [3.63, 3.8) is 0 Å². The van der Waals surface area contributed by atoms with Crippen molar-refractivity contribution in [2.24, 2.45) is 5.73 Å². The Labute approximate surface area is 123 Å². The molecule has 0 unspecified atom stereocenters. The van der Waals surface area contributed by atoms with E-state index >= 15 is 0 Å². The summed E-state index contributed by atoms with van der Waals surface area (Å²) in [5, 5.41) is 11.9. The van der Waals surface area contributed by atoms with E-state index in [0.717, 1.165) is 4.47 Å². The number of nitrogens with one attached hydrogen (secondary N) is 1. The number of carbonyl (C=O) groups excluding carboxylic acids is 1. The van der Waals surface area contributed by atoms with E-state index in [1.165, 1.54) is 12.1 Å². The Balaban J connectivity index is 2.39. The van der Waals surface area contributed by atoms with Gasteiger partial charge in [0.2, 0.25) is 0 Å². The predicted octanol–water partition coefficient (Wildman–Crippen LogP) is 2.99. The van der Waals surface area contributed by atoms with E-state index in [-0.39, 0.29) is 5.56 Å². The van der Waals surface area contributed by atoms with Crippen LogP contribution in [-0.2, 0) is 0 Å². The number of hydrogen-bond acceptors (Lipinski definition) is 3. The Morgan fingerprint density at radius 1 is 1.15 bits per heavy atom. The molecule has 4 N–H and O–H groups in total. The van der Waals surface area contributed by atoms with Crippen LogP contribution in [0.2, 0.25) is 0 Å². The number of anilines is 2. The smallest absolute Gasteiger partial charge is 0.335 e. The molecule has 20 heavy (non-hydrogen) atoms. The zero-order valence-corrected chi connectivity index (χ0v) is 11.8. The molecular weight excluding hydrogens is 324 g/mol. The molecular formula is C14H11BrN2O3. The maximum atomic E-state index is 11.4. The molecule has 0 atom stereocenters. The molecule has 0 aliphatic carbocycles. The van der Waals surface area contributed by atoms with Crippen LogP contribution in [0, 0.1) is 0 Å². The van der Waals surface area contributed by atoms with Gasteiger partial charge in [0, 0.05) is 10.2 Å². The number of carboxylic acid groups (broad SMARTS) is 1. The zero-order valence-electron chi connectivity index (χ0n) is 10.3. The van der Waals surface area contributed by atoms with E-state index in [9.17, 15) is 9.59 Å². The van der Waals surface area contributed by atoms with Crippen molar-refractivity contribution >= 4 is 39.2 Å². The van der Waals surface area contributed by atoms with Crippen molar-refractivity contribution in [2.45, 2.75) is 0 Å². The van der Waals surface area contributed by atoms with Gasteiger partial charge in [-0.3, -0.25) is 4.79 Å². The highest BCUT2D eigenvalue weighted by Crippen LogP contribution is 2.25. The summed E-state index contributed by atoms with van der Waals surface area (Å²) >= 11 is 3.31. The second-order valence-electron chi connectivity index (χ2n) is 4.07. The number of rotatable bonds is 4. The monoisotopic (exact) mass is 334 g/mol. The molecule has 0 radical (unpaired) electrons. The van der Waals surface area contributed by atoms with Gasteiger partial charge >= 0.3 is 5.97 Å². The van der Waals surface area contributed by atoms with Crippen molar-refractivity contribution in [1.29, 1.82) is 0 Å². The van der Waals surface area contributed by atoms with Crippen LogP contribution in [-0.4, -0.2) is 17.0 Å². The molecule has 0 spiro atoms. The summed E-state index contributed by atoms with van der Waals surface area (Å²) in [5.74, 6) is -1.58. The number of hydrogen-bond donors (Lipinski definition) is 3. The largest absolute Gasteiger partial charge is 0.478 e. The average molecular weight is 335 g/mol. The first-order valence-corrected chi connectivity index (χ1v) is 6.46. The van der Waals surface area contributed by atoms with Crippen LogP contribution in [0.3, 0.4) is 0 Å². The van der Waals surface area contributed by atoms with Crippen molar-refractivity contribution in [3.05, 3.63) is 58.1 Å². The fourth-order valence-corrected chi connectivity index (χ4v) is 2.08. The van der Waals surface area contributed by atoms with Gasteiger partial charge in [0.1, 0.15) is 0 Å². The zero-order chi connectivity index (χ0) is 14.7. The van der Waals surface area contributed by atoms with E-state index in [0.29, 0.717) is 16.9 Å². The molecule has 0 aromatic heterocycles. The maximum absolute atomic E-state index is 11.4. The van der Waals surface area contributed by atoms with Crippen LogP contribution in [0.15, 0.2) is 46.9 Å². The number of carboxylic acids is 1. The van der Waals surface area contributed by atoms with Crippen LogP contribution in [0.25, 0.3) is 0 Å². The Morgan fingerprint density at radius 2 is 1.90 bits per heavy atom. The van der Waals surface area contributed by atoms with Gasteiger partial charge in [-0.2, -0.15) is 0 Å². The van der Waals surface area contributed by atoms with Crippen LogP contribution >= 0.6 is 15.9 Å². The van der Waals surface area contributed by atoms with Crippen LogP contribution in [0.4, 0.5) is 11.4 Å². The highest BCUT2D eigenvalue weighted by molar-refractivity contribution is 9.10. The minimum atomic E-state index is -1.02. The predicted molar refractivity (Wildman–Crippen MR) is 79.3 cm³/mol. The lowest BCUT2D eigenvalue weighted by Crippen LogP contribution is -2.13. The second kappa shape index (κ2) is 5.75. The van der Waals surface area contributed by atoms with Crippen molar-refractivity contribution in [1.82, 2.24) is 0 Å². The Bertz CT molecular complexity index is 686. The van der Waals surface area contributed by atoms with Gasteiger partial charge in [-0.1, -0.05) is 22.0 Å².